The predicted octanol–water partition coefficient (Wildman–Crippen LogP) is 5.36. The molecule has 5 aromatic rings. The molecule has 0 spiro atoms. The average Bonchev–Trinajstić information content (AvgIpc) is 3.82. The normalized spacial score (nSPS) is 15.5. The SMILES string of the molecule is COc1ccc(-n2nc(-c3ccccc3)c3c2N(CC(=O)NCc2ccco2)C(=O)CS[C@H]3c2ccc3c(c2)OCO3)cc1. The lowest BCUT2D eigenvalue weighted by molar-refractivity contribution is -0.123. The van der Waals surface area contributed by atoms with E-state index in [4.69, 9.17) is 23.7 Å². The predicted molar refractivity (Wildman–Crippen MR) is 165 cm³/mol. The summed E-state index contributed by atoms with van der Waals surface area (Å²) in [5, 5.41) is 7.70. The van der Waals surface area contributed by atoms with Crippen molar-refractivity contribution >= 4 is 29.4 Å². The highest BCUT2D eigenvalue weighted by atomic mass is 32.2. The number of furan rings is 1. The molecule has 0 fully saturated rings. The van der Waals surface area contributed by atoms with Crippen LogP contribution in [0.25, 0.3) is 16.9 Å². The molecular weight excluding hydrogens is 580 g/mol. The Kier molecular flexibility index (Phi) is 7.45. The molecule has 0 saturated carbocycles. The number of rotatable bonds is 8. The topological polar surface area (TPSA) is 108 Å². The maximum Gasteiger partial charge on any atom is 0.240 e. The fourth-order valence-corrected chi connectivity index (χ4v) is 6.56. The number of benzene rings is 3. The molecule has 4 heterocycles. The van der Waals surface area contributed by atoms with Crippen LogP contribution in [-0.2, 0) is 16.1 Å². The molecule has 0 aliphatic carbocycles. The third kappa shape index (κ3) is 5.26. The zero-order valence-corrected chi connectivity index (χ0v) is 24.6. The number of nitrogens with zero attached hydrogens (tertiary/aromatic N) is 3. The molecule has 10 nitrogen and oxygen atoms in total. The highest BCUT2D eigenvalue weighted by Gasteiger charge is 2.38. The van der Waals surface area contributed by atoms with E-state index in [-0.39, 0.29) is 42.7 Å². The molecule has 2 aliphatic heterocycles. The molecule has 1 atom stereocenters. The first kappa shape index (κ1) is 27.7. The highest BCUT2D eigenvalue weighted by Crippen LogP contribution is 2.50. The fourth-order valence-electron chi connectivity index (χ4n) is 5.37. The summed E-state index contributed by atoms with van der Waals surface area (Å²) in [5.74, 6) is 2.78. The number of ether oxygens (including phenoxy) is 3. The van der Waals surface area contributed by atoms with E-state index in [0.717, 1.165) is 22.4 Å². The molecular formula is C33H28N4O6S. The van der Waals surface area contributed by atoms with Crippen molar-refractivity contribution < 1.29 is 28.2 Å². The fraction of sp³-hybridized carbons (Fsp3) is 0.182. The van der Waals surface area contributed by atoms with Gasteiger partial charge in [0.25, 0.3) is 0 Å². The average molecular weight is 609 g/mol. The molecule has 222 valence electrons. The molecule has 0 unspecified atom stereocenters. The largest absolute Gasteiger partial charge is 0.497 e. The van der Waals surface area contributed by atoms with Gasteiger partial charge in [-0.25, -0.2) is 4.68 Å². The number of amides is 2. The van der Waals surface area contributed by atoms with Gasteiger partial charge in [0.1, 0.15) is 23.9 Å². The van der Waals surface area contributed by atoms with Crippen LogP contribution < -0.4 is 24.4 Å². The first-order valence-corrected chi connectivity index (χ1v) is 15.1. The van der Waals surface area contributed by atoms with Crippen molar-refractivity contribution in [1.82, 2.24) is 15.1 Å². The van der Waals surface area contributed by atoms with Crippen LogP contribution in [0.3, 0.4) is 0 Å². The van der Waals surface area contributed by atoms with Crippen LogP contribution in [0.15, 0.2) is 95.6 Å². The summed E-state index contributed by atoms with van der Waals surface area (Å²) in [4.78, 5) is 28.8. The van der Waals surface area contributed by atoms with Crippen LogP contribution in [0.5, 0.6) is 17.2 Å². The lowest BCUT2D eigenvalue weighted by atomic mass is 9.99. The second-order valence-electron chi connectivity index (χ2n) is 10.2. The minimum atomic E-state index is -0.323. The first-order valence-electron chi connectivity index (χ1n) is 14.0. The van der Waals surface area contributed by atoms with Gasteiger partial charge in [-0.2, -0.15) is 5.10 Å². The van der Waals surface area contributed by atoms with Gasteiger partial charge in [0, 0.05) is 11.1 Å². The number of methoxy groups -OCH3 is 1. The van der Waals surface area contributed by atoms with Gasteiger partial charge in [-0.15, -0.1) is 11.8 Å². The van der Waals surface area contributed by atoms with Crippen LogP contribution in [0.4, 0.5) is 5.82 Å². The Morgan fingerprint density at radius 1 is 1.02 bits per heavy atom. The monoisotopic (exact) mass is 608 g/mol. The van der Waals surface area contributed by atoms with E-state index in [1.807, 2.05) is 72.8 Å². The Hall–Kier alpha value is -5.16. The third-order valence-corrected chi connectivity index (χ3v) is 8.75. The number of hydrogen-bond acceptors (Lipinski definition) is 8. The Labute approximate surface area is 257 Å². The molecule has 0 bridgehead atoms. The summed E-state index contributed by atoms with van der Waals surface area (Å²) in [6, 6.07) is 26.7. The maximum atomic E-state index is 13.9. The van der Waals surface area contributed by atoms with Crippen molar-refractivity contribution in [3.63, 3.8) is 0 Å². The van der Waals surface area contributed by atoms with E-state index in [2.05, 4.69) is 5.32 Å². The maximum absolute atomic E-state index is 13.9. The number of hydrogen-bond donors (Lipinski definition) is 1. The van der Waals surface area contributed by atoms with Gasteiger partial charge in [0.05, 0.1) is 42.3 Å². The number of aromatic nitrogens is 2. The summed E-state index contributed by atoms with van der Waals surface area (Å²) in [6.45, 7) is 0.172. The highest BCUT2D eigenvalue weighted by molar-refractivity contribution is 8.00. The summed E-state index contributed by atoms with van der Waals surface area (Å²) < 4.78 is 23.8. The number of nitrogens with one attached hydrogen (secondary N) is 1. The number of fused-ring (bicyclic) bond motifs is 2. The van der Waals surface area contributed by atoms with Crippen LogP contribution in [0.2, 0.25) is 0 Å². The minimum Gasteiger partial charge on any atom is -0.497 e. The third-order valence-electron chi connectivity index (χ3n) is 7.49. The van der Waals surface area contributed by atoms with Crippen molar-refractivity contribution in [3.05, 3.63) is 108 Å². The second-order valence-corrected chi connectivity index (χ2v) is 11.3. The molecule has 3 aromatic carbocycles. The Morgan fingerprint density at radius 2 is 1.84 bits per heavy atom. The molecule has 0 saturated heterocycles. The van der Waals surface area contributed by atoms with E-state index in [0.29, 0.717) is 34.5 Å². The van der Waals surface area contributed by atoms with E-state index < -0.39 is 0 Å². The molecule has 44 heavy (non-hydrogen) atoms. The van der Waals surface area contributed by atoms with Crippen molar-refractivity contribution in [3.8, 4) is 34.2 Å². The van der Waals surface area contributed by atoms with Gasteiger partial charge in [0.2, 0.25) is 18.6 Å². The van der Waals surface area contributed by atoms with Gasteiger partial charge in [0.15, 0.2) is 11.5 Å². The van der Waals surface area contributed by atoms with Crippen LogP contribution in [-0.4, -0.2) is 47.8 Å². The van der Waals surface area contributed by atoms with Crippen molar-refractivity contribution in [2.45, 2.75) is 11.8 Å². The minimum absolute atomic E-state index is 0.149. The summed E-state index contributed by atoms with van der Waals surface area (Å²) >= 11 is 1.49. The Balaban J connectivity index is 1.40. The van der Waals surface area contributed by atoms with Crippen molar-refractivity contribution in [2.75, 3.05) is 31.1 Å². The molecule has 2 aliphatic rings. The lowest BCUT2D eigenvalue weighted by Gasteiger charge is -2.23. The molecule has 11 heteroatoms. The van der Waals surface area contributed by atoms with Crippen LogP contribution >= 0.6 is 11.8 Å². The standard InChI is InChI=1S/C33H28N4O6S/c1-40-24-12-10-23(11-13-24)37-33-30(31(35-37)21-6-3-2-4-7-21)32(22-9-14-26-27(16-22)43-20-42-26)44-19-29(39)36(33)18-28(38)34-17-25-8-5-15-41-25/h2-16,32H,17-20H2,1H3,(H,34,38)/t32-/m0/s1. The zero-order chi connectivity index (χ0) is 30.0. The van der Waals surface area contributed by atoms with Gasteiger partial charge in [-0.05, 0) is 54.1 Å². The van der Waals surface area contributed by atoms with Gasteiger partial charge in [-0.1, -0.05) is 36.4 Å². The van der Waals surface area contributed by atoms with Crippen LogP contribution in [0, 0.1) is 0 Å². The van der Waals surface area contributed by atoms with E-state index in [1.165, 1.54) is 16.7 Å². The summed E-state index contributed by atoms with van der Waals surface area (Å²) in [7, 11) is 1.61. The zero-order valence-electron chi connectivity index (χ0n) is 23.8. The smallest absolute Gasteiger partial charge is 0.240 e. The summed E-state index contributed by atoms with van der Waals surface area (Å²) in [5.41, 5.74) is 4.07. The Morgan fingerprint density at radius 3 is 2.61 bits per heavy atom. The van der Waals surface area contributed by atoms with E-state index >= 15 is 0 Å². The quantitative estimate of drug-likeness (QED) is 0.251. The van der Waals surface area contributed by atoms with Crippen molar-refractivity contribution in [2.24, 2.45) is 0 Å². The number of thioether (sulfide) groups is 1. The molecule has 7 rings (SSSR count). The second kappa shape index (κ2) is 11.8. The van der Waals surface area contributed by atoms with Crippen molar-refractivity contribution in [1.29, 1.82) is 0 Å². The van der Waals surface area contributed by atoms with Gasteiger partial charge >= 0.3 is 0 Å². The molecule has 2 amide bonds. The first-order chi connectivity index (χ1) is 21.6. The molecule has 2 aromatic heterocycles. The number of carbonyl (C=O) groups is 2. The lowest BCUT2D eigenvalue weighted by Crippen LogP contribution is -2.42. The van der Waals surface area contributed by atoms with E-state index in [9.17, 15) is 9.59 Å². The summed E-state index contributed by atoms with van der Waals surface area (Å²) in [6.07, 6.45) is 1.55. The molecule has 1 N–H and O–H groups in total. The Bertz CT molecular complexity index is 1800. The molecule has 0 radical (unpaired) electrons. The van der Waals surface area contributed by atoms with Gasteiger partial charge < -0.3 is 23.9 Å². The van der Waals surface area contributed by atoms with E-state index in [1.54, 1.807) is 30.2 Å². The number of carbonyl (C=O) groups excluding carboxylic acids is 2. The van der Waals surface area contributed by atoms with Gasteiger partial charge in [-0.3, -0.25) is 14.5 Å². The van der Waals surface area contributed by atoms with Crippen LogP contribution in [0.1, 0.15) is 22.1 Å². The number of anilines is 1.